The number of aromatic nitrogens is 2. The fraction of sp³-hybridized carbons (Fsp3) is 0.600. The zero-order chi connectivity index (χ0) is 10.7. The summed E-state index contributed by atoms with van der Waals surface area (Å²) in [6, 6.07) is 0. The molecule has 3 nitrogen and oxygen atoms in total. The average Bonchev–Trinajstić information content (AvgIpc) is 2.73. The highest BCUT2D eigenvalue weighted by Gasteiger charge is 2.16. The summed E-state index contributed by atoms with van der Waals surface area (Å²) in [5.41, 5.74) is -0.249. The number of hydrogen-bond donors (Lipinski definition) is 1. The van der Waals surface area contributed by atoms with Gasteiger partial charge in [0.2, 0.25) is 0 Å². The summed E-state index contributed by atoms with van der Waals surface area (Å²) >= 11 is 7.45. The maximum absolute atomic E-state index is 11.2. The van der Waals surface area contributed by atoms with Gasteiger partial charge in [-0.25, -0.2) is 4.98 Å². The number of thioether (sulfide) groups is 1. The zero-order valence-corrected chi connectivity index (χ0v) is 9.90. The van der Waals surface area contributed by atoms with Crippen molar-refractivity contribution in [3.8, 4) is 0 Å². The molecule has 82 valence electrons. The number of nitrogens with one attached hydrogen (secondary N) is 1. The van der Waals surface area contributed by atoms with E-state index in [0.717, 1.165) is 11.7 Å². The van der Waals surface area contributed by atoms with E-state index < -0.39 is 0 Å². The zero-order valence-electron chi connectivity index (χ0n) is 8.33. The third-order valence-corrected chi connectivity index (χ3v) is 4.38. The molecule has 0 unspecified atom stereocenters. The molecule has 1 aromatic rings. The smallest absolute Gasteiger partial charge is 0.270 e. The Kier molecular flexibility index (Phi) is 3.70. The normalized spacial score (nSPS) is 17.1. The minimum Gasteiger partial charge on any atom is -0.312 e. The van der Waals surface area contributed by atoms with E-state index in [0.29, 0.717) is 5.03 Å². The van der Waals surface area contributed by atoms with Crippen molar-refractivity contribution in [2.45, 2.75) is 30.7 Å². The van der Waals surface area contributed by atoms with Gasteiger partial charge in [0, 0.05) is 5.75 Å². The van der Waals surface area contributed by atoms with Crippen molar-refractivity contribution in [2.75, 3.05) is 5.75 Å². The minimum absolute atomic E-state index is 0.223. The second kappa shape index (κ2) is 5.03. The second-order valence-electron chi connectivity index (χ2n) is 3.81. The lowest BCUT2D eigenvalue weighted by atomic mass is 10.1. The first-order valence-corrected chi connectivity index (χ1v) is 6.49. The van der Waals surface area contributed by atoms with E-state index in [-0.39, 0.29) is 10.6 Å². The molecule has 15 heavy (non-hydrogen) atoms. The number of H-pyrrole nitrogens is 1. The Hall–Kier alpha value is -0.480. The average molecular weight is 245 g/mol. The summed E-state index contributed by atoms with van der Waals surface area (Å²) in [4.78, 5) is 17.7. The molecule has 0 aromatic carbocycles. The van der Waals surface area contributed by atoms with Crippen LogP contribution in [0.1, 0.15) is 25.7 Å². The molecule has 5 heteroatoms. The van der Waals surface area contributed by atoms with Gasteiger partial charge in [-0.15, -0.1) is 11.8 Å². The molecule has 1 aliphatic carbocycles. The van der Waals surface area contributed by atoms with Gasteiger partial charge in [-0.05, 0) is 18.8 Å². The van der Waals surface area contributed by atoms with Crippen LogP contribution in [-0.4, -0.2) is 15.7 Å². The quantitative estimate of drug-likeness (QED) is 0.657. The lowest BCUT2D eigenvalue weighted by molar-refractivity contribution is 0.623. The minimum atomic E-state index is -0.249. The molecule has 1 N–H and O–H groups in total. The van der Waals surface area contributed by atoms with E-state index in [4.69, 9.17) is 11.6 Å². The van der Waals surface area contributed by atoms with Crippen LogP contribution in [0.5, 0.6) is 0 Å². The monoisotopic (exact) mass is 244 g/mol. The van der Waals surface area contributed by atoms with Gasteiger partial charge in [0.15, 0.2) is 0 Å². The maximum Gasteiger partial charge on any atom is 0.270 e. The van der Waals surface area contributed by atoms with Crippen LogP contribution < -0.4 is 5.56 Å². The summed E-state index contributed by atoms with van der Waals surface area (Å²) in [5, 5.41) is 0.882. The molecule has 0 saturated heterocycles. The third-order valence-electron chi connectivity index (χ3n) is 2.70. The van der Waals surface area contributed by atoms with Crippen LogP contribution in [0, 0.1) is 5.92 Å². The van der Waals surface area contributed by atoms with Gasteiger partial charge in [-0.3, -0.25) is 4.79 Å². The summed E-state index contributed by atoms with van der Waals surface area (Å²) in [7, 11) is 0. The molecule has 1 fully saturated rings. The second-order valence-corrected chi connectivity index (χ2v) is 5.20. The highest BCUT2D eigenvalue weighted by atomic mass is 35.5. The Bertz CT molecular complexity index is 387. The summed E-state index contributed by atoms with van der Waals surface area (Å²) in [6.45, 7) is 0. The third kappa shape index (κ3) is 2.75. The number of aromatic amines is 1. The molecule has 0 radical (unpaired) electrons. The van der Waals surface area contributed by atoms with Crippen LogP contribution in [0.25, 0.3) is 0 Å². The van der Waals surface area contributed by atoms with E-state index in [9.17, 15) is 4.79 Å². The molecule has 1 heterocycles. The number of halogens is 1. The van der Waals surface area contributed by atoms with Crippen molar-refractivity contribution in [3.05, 3.63) is 21.7 Å². The number of hydrogen-bond acceptors (Lipinski definition) is 3. The Morgan fingerprint density at radius 2 is 2.27 bits per heavy atom. The first kappa shape index (κ1) is 11.0. The number of nitrogens with zero attached hydrogens (tertiary/aromatic N) is 1. The van der Waals surface area contributed by atoms with Crippen molar-refractivity contribution in [3.63, 3.8) is 0 Å². The fourth-order valence-corrected chi connectivity index (χ4v) is 3.18. The molecular formula is C10H13ClN2OS. The Morgan fingerprint density at radius 3 is 3.00 bits per heavy atom. The first-order valence-electron chi connectivity index (χ1n) is 5.13. The lowest BCUT2D eigenvalue weighted by Gasteiger charge is -2.07. The Morgan fingerprint density at radius 1 is 1.53 bits per heavy atom. The van der Waals surface area contributed by atoms with E-state index >= 15 is 0 Å². The van der Waals surface area contributed by atoms with Crippen LogP contribution >= 0.6 is 23.4 Å². The Balaban J connectivity index is 1.98. The van der Waals surface area contributed by atoms with Gasteiger partial charge in [-0.1, -0.05) is 24.4 Å². The highest BCUT2D eigenvalue weighted by molar-refractivity contribution is 7.99. The predicted octanol–water partition coefficient (Wildman–Crippen LogP) is 2.71. The molecule has 0 atom stereocenters. The van der Waals surface area contributed by atoms with Gasteiger partial charge in [0.25, 0.3) is 5.56 Å². The molecule has 0 aliphatic heterocycles. The SMILES string of the molecule is O=c1[nH]cnc(SCC2CCCC2)c1Cl. The Labute approximate surface area is 97.6 Å². The van der Waals surface area contributed by atoms with E-state index in [1.165, 1.54) is 32.0 Å². The van der Waals surface area contributed by atoms with Crippen molar-refractivity contribution in [1.29, 1.82) is 0 Å². The largest absolute Gasteiger partial charge is 0.312 e. The first-order chi connectivity index (χ1) is 7.27. The molecular weight excluding hydrogens is 232 g/mol. The topological polar surface area (TPSA) is 45.8 Å². The van der Waals surface area contributed by atoms with E-state index in [1.54, 1.807) is 11.8 Å². The van der Waals surface area contributed by atoms with Crippen LogP contribution in [-0.2, 0) is 0 Å². The van der Waals surface area contributed by atoms with Crippen molar-refractivity contribution in [2.24, 2.45) is 5.92 Å². The maximum atomic E-state index is 11.2. The van der Waals surface area contributed by atoms with Gasteiger partial charge in [-0.2, -0.15) is 0 Å². The fourth-order valence-electron chi connectivity index (χ4n) is 1.84. The van der Waals surface area contributed by atoms with Crippen molar-refractivity contribution >= 4 is 23.4 Å². The molecule has 1 saturated carbocycles. The summed E-state index contributed by atoms with van der Waals surface area (Å²) in [6.07, 6.45) is 6.68. The molecule has 0 bridgehead atoms. The van der Waals surface area contributed by atoms with E-state index in [1.807, 2.05) is 0 Å². The lowest BCUT2D eigenvalue weighted by Crippen LogP contribution is -2.08. The summed E-state index contributed by atoms with van der Waals surface area (Å²) in [5.74, 6) is 1.79. The van der Waals surface area contributed by atoms with Crippen LogP contribution in [0.3, 0.4) is 0 Å². The van der Waals surface area contributed by atoms with Gasteiger partial charge < -0.3 is 4.98 Å². The van der Waals surface area contributed by atoms with Crippen LogP contribution in [0.4, 0.5) is 0 Å². The molecule has 1 aliphatic rings. The molecule has 2 rings (SSSR count). The molecule has 1 aromatic heterocycles. The van der Waals surface area contributed by atoms with Gasteiger partial charge in [0.05, 0.1) is 6.33 Å². The van der Waals surface area contributed by atoms with Crippen molar-refractivity contribution < 1.29 is 0 Å². The van der Waals surface area contributed by atoms with Crippen LogP contribution in [0.2, 0.25) is 5.02 Å². The predicted molar refractivity (Wildman–Crippen MR) is 62.5 cm³/mol. The van der Waals surface area contributed by atoms with Gasteiger partial charge in [0.1, 0.15) is 10.0 Å². The molecule has 0 amide bonds. The highest BCUT2D eigenvalue weighted by Crippen LogP contribution is 2.31. The van der Waals surface area contributed by atoms with Gasteiger partial charge >= 0.3 is 0 Å². The summed E-state index contributed by atoms with van der Waals surface area (Å²) < 4.78 is 0. The van der Waals surface area contributed by atoms with Crippen LogP contribution in [0.15, 0.2) is 16.1 Å². The van der Waals surface area contributed by atoms with E-state index in [2.05, 4.69) is 9.97 Å². The molecule has 0 spiro atoms. The number of rotatable bonds is 3. The standard InChI is InChI=1S/C10H13ClN2OS/c11-8-9(14)12-6-13-10(8)15-5-7-3-1-2-4-7/h6-7H,1-5H2,(H,12,13,14). The van der Waals surface area contributed by atoms with Crippen molar-refractivity contribution in [1.82, 2.24) is 9.97 Å².